The number of benzene rings is 1. The molecule has 2 N–H and O–H groups in total. The molecule has 25 heavy (non-hydrogen) atoms. The van der Waals surface area contributed by atoms with E-state index in [1.165, 1.54) is 6.26 Å². The van der Waals surface area contributed by atoms with E-state index in [9.17, 15) is 8.42 Å². The van der Waals surface area contributed by atoms with Crippen LogP contribution in [-0.4, -0.2) is 59.8 Å². The summed E-state index contributed by atoms with van der Waals surface area (Å²) in [4.78, 5) is 4.51. The molecule has 0 heterocycles. The molecule has 0 amide bonds. The van der Waals surface area contributed by atoms with E-state index < -0.39 is 9.84 Å². The first kappa shape index (κ1) is 23.9. The molecule has 0 aliphatic heterocycles. The predicted molar refractivity (Wildman–Crippen MR) is 112 cm³/mol. The van der Waals surface area contributed by atoms with E-state index in [-0.39, 0.29) is 36.3 Å². The maximum Gasteiger partial charge on any atom is 0.191 e. The highest BCUT2D eigenvalue weighted by Crippen LogP contribution is 2.17. The van der Waals surface area contributed by atoms with E-state index in [2.05, 4.69) is 15.6 Å². The molecule has 0 spiro atoms. The van der Waals surface area contributed by atoms with Crippen molar-refractivity contribution < 1.29 is 17.9 Å². The molecule has 0 bridgehead atoms. The average Bonchev–Trinajstić information content (AvgIpc) is 2.54. The summed E-state index contributed by atoms with van der Waals surface area (Å²) < 4.78 is 32.6. The summed E-state index contributed by atoms with van der Waals surface area (Å²) in [6.07, 6.45) is 1.20. The number of nitrogens with one attached hydrogen (secondary N) is 2. The van der Waals surface area contributed by atoms with Crippen molar-refractivity contribution in [2.75, 3.05) is 45.4 Å². The molecule has 7 nitrogen and oxygen atoms in total. The maximum absolute atomic E-state index is 11.0. The highest BCUT2D eigenvalue weighted by atomic mass is 127. The number of guanidine groups is 1. The number of aliphatic imine (C=N–C) groups is 1. The molecule has 1 rings (SSSR count). The summed E-state index contributed by atoms with van der Waals surface area (Å²) >= 11 is 0. The maximum atomic E-state index is 11.0. The smallest absolute Gasteiger partial charge is 0.191 e. The Morgan fingerprint density at radius 2 is 1.92 bits per heavy atom. The second-order valence-electron chi connectivity index (χ2n) is 5.18. The second kappa shape index (κ2) is 13.2. The molecule has 0 aromatic heterocycles. The third kappa shape index (κ3) is 11.2. The van der Waals surface area contributed by atoms with Crippen LogP contribution in [-0.2, 0) is 21.1 Å². The predicted octanol–water partition coefficient (Wildman–Crippen LogP) is 1.43. The van der Waals surface area contributed by atoms with Crippen LogP contribution in [0.1, 0.15) is 12.5 Å². The van der Waals surface area contributed by atoms with Gasteiger partial charge >= 0.3 is 0 Å². The van der Waals surface area contributed by atoms with Gasteiger partial charge in [0.15, 0.2) is 5.96 Å². The Hall–Kier alpha value is -1.07. The molecular formula is C16H28IN3O4S. The highest BCUT2D eigenvalue weighted by molar-refractivity contribution is 14.0. The van der Waals surface area contributed by atoms with Crippen molar-refractivity contribution in [3.05, 3.63) is 29.8 Å². The van der Waals surface area contributed by atoms with Crippen molar-refractivity contribution in [2.45, 2.75) is 13.5 Å². The van der Waals surface area contributed by atoms with Crippen LogP contribution in [0.25, 0.3) is 0 Å². The van der Waals surface area contributed by atoms with Crippen LogP contribution in [0.15, 0.2) is 29.3 Å². The SMILES string of the molecule is CCNC(=NCc1ccccc1OC)NCCOCCS(C)(=O)=O.I. The van der Waals surface area contributed by atoms with Crippen LogP contribution in [0.2, 0.25) is 0 Å². The van der Waals surface area contributed by atoms with Gasteiger partial charge in [0.1, 0.15) is 15.6 Å². The molecule has 0 radical (unpaired) electrons. The number of rotatable bonds is 10. The van der Waals surface area contributed by atoms with Crippen LogP contribution < -0.4 is 15.4 Å². The van der Waals surface area contributed by atoms with E-state index in [1.807, 2.05) is 31.2 Å². The minimum atomic E-state index is -2.98. The number of halogens is 1. The fraction of sp³-hybridized carbons (Fsp3) is 0.562. The number of methoxy groups -OCH3 is 1. The van der Waals surface area contributed by atoms with Gasteiger partial charge in [-0.3, -0.25) is 0 Å². The number of nitrogens with zero attached hydrogens (tertiary/aromatic N) is 1. The van der Waals surface area contributed by atoms with Gasteiger partial charge in [0.05, 0.1) is 32.6 Å². The minimum absolute atomic E-state index is 0. The lowest BCUT2D eigenvalue weighted by molar-refractivity contribution is 0.154. The fourth-order valence-electron chi connectivity index (χ4n) is 1.89. The van der Waals surface area contributed by atoms with Crippen LogP contribution >= 0.6 is 24.0 Å². The topological polar surface area (TPSA) is 89.0 Å². The Kier molecular flexibility index (Phi) is 12.6. The Labute approximate surface area is 167 Å². The molecule has 0 aliphatic rings. The van der Waals surface area contributed by atoms with Crippen LogP contribution in [0.3, 0.4) is 0 Å². The minimum Gasteiger partial charge on any atom is -0.496 e. The van der Waals surface area contributed by atoms with Gasteiger partial charge < -0.3 is 20.1 Å². The highest BCUT2D eigenvalue weighted by Gasteiger charge is 2.03. The van der Waals surface area contributed by atoms with Crippen molar-refractivity contribution >= 4 is 39.8 Å². The van der Waals surface area contributed by atoms with Gasteiger partial charge in [-0.15, -0.1) is 24.0 Å². The van der Waals surface area contributed by atoms with E-state index >= 15 is 0 Å². The Bertz CT molecular complexity index is 624. The van der Waals surface area contributed by atoms with Gasteiger partial charge in [0.2, 0.25) is 0 Å². The normalized spacial score (nSPS) is 11.6. The molecule has 0 unspecified atom stereocenters. The molecule has 1 aromatic carbocycles. The molecule has 9 heteroatoms. The van der Waals surface area contributed by atoms with E-state index in [0.29, 0.717) is 25.7 Å². The van der Waals surface area contributed by atoms with Gasteiger partial charge in [-0.2, -0.15) is 0 Å². The van der Waals surface area contributed by atoms with Gasteiger partial charge in [-0.05, 0) is 13.0 Å². The first-order chi connectivity index (χ1) is 11.5. The van der Waals surface area contributed by atoms with E-state index in [1.54, 1.807) is 7.11 Å². The van der Waals surface area contributed by atoms with Crippen molar-refractivity contribution in [1.82, 2.24) is 10.6 Å². The summed E-state index contributed by atoms with van der Waals surface area (Å²) in [6, 6.07) is 7.74. The lowest BCUT2D eigenvalue weighted by atomic mass is 10.2. The van der Waals surface area contributed by atoms with Gasteiger partial charge in [-0.25, -0.2) is 13.4 Å². The Morgan fingerprint density at radius 3 is 2.56 bits per heavy atom. The monoisotopic (exact) mass is 485 g/mol. The summed E-state index contributed by atoms with van der Waals surface area (Å²) in [5, 5.41) is 6.30. The molecule has 0 fully saturated rings. The molecule has 0 saturated carbocycles. The van der Waals surface area contributed by atoms with E-state index in [4.69, 9.17) is 9.47 Å². The number of sulfone groups is 1. The number of para-hydroxylation sites is 1. The average molecular weight is 485 g/mol. The van der Waals surface area contributed by atoms with Crippen molar-refractivity contribution in [3.8, 4) is 5.75 Å². The zero-order chi connectivity index (χ0) is 17.8. The van der Waals surface area contributed by atoms with Crippen molar-refractivity contribution in [1.29, 1.82) is 0 Å². The number of hydrogen-bond donors (Lipinski definition) is 2. The Balaban J connectivity index is 0.00000576. The lowest BCUT2D eigenvalue weighted by Crippen LogP contribution is -2.39. The van der Waals surface area contributed by atoms with Crippen LogP contribution in [0.4, 0.5) is 0 Å². The number of ether oxygens (including phenoxy) is 2. The standard InChI is InChI=1S/C16H27N3O4S.HI/c1-4-17-16(18-9-10-23-11-12-24(3,20)21)19-13-14-7-5-6-8-15(14)22-2;/h5-8H,4,9-13H2,1-3H3,(H2,17,18,19);1H. The van der Waals surface area contributed by atoms with Gasteiger partial charge in [0, 0.05) is 24.9 Å². The summed E-state index contributed by atoms with van der Waals surface area (Å²) in [5.74, 6) is 1.52. The molecule has 1 aromatic rings. The van der Waals surface area contributed by atoms with Crippen molar-refractivity contribution in [3.63, 3.8) is 0 Å². The second-order valence-corrected chi connectivity index (χ2v) is 7.44. The Morgan fingerprint density at radius 1 is 1.20 bits per heavy atom. The molecule has 0 atom stereocenters. The summed E-state index contributed by atoms with van der Waals surface area (Å²) in [7, 11) is -1.34. The zero-order valence-electron chi connectivity index (χ0n) is 14.9. The summed E-state index contributed by atoms with van der Waals surface area (Å²) in [5.41, 5.74) is 1.00. The van der Waals surface area contributed by atoms with Gasteiger partial charge in [0.25, 0.3) is 0 Å². The fourth-order valence-corrected chi connectivity index (χ4v) is 2.31. The molecule has 0 aliphatic carbocycles. The largest absolute Gasteiger partial charge is 0.496 e. The molecule has 144 valence electrons. The van der Waals surface area contributed by atoms with Gasteiger partial charge in [-0.1, -0.05) is 18.2 Å². The quantitative estimate of drug-likeness (QED) is 0.226. The van der Waals surface area contributed by atoms with Crippen LogP contribution in [0.5, 0.6) is 5.75 Å². The lowest BCUT2D eigenvalue weighted by Gasteiger charge is -2.12. The molecule has 0 saturated heterocycles. The third-order valence-corrected chi connectivity index (χ3v) is 3.99. The van der Waals surface area contributed by atoms with Crippen molar-refractivity contribution in [2.24, 2.45) is 4.99 Å². The number of hydrogen-bond acceptors (Lipinski definition) is 5. The summed E-state index contributed by atoms with van der Waals surface area (Å²) in [6.45, 7) is 4.38. The third-order valence-electron chi connectivity index (χ3n) is 3.08. The van der Waals surface area contributed by atoms with Crippen LogP contribution in [0, 0.1) is 0 Å². The first-order valence-electron chi connectivity index (χ1n) is 7.85. The first-order valence-corrected chi connectivity index (χ1v) is 9.92. The molecular weight excluding hydrogens is 457 g/mol. The zero-order valence-corrected chi connectivity index (χ0v) is 18.1. The van der Waals surface area contributed by atoms with E-state index in [0.717, 1.165) is 17.9 Å².